The quantitative estimate of drug-likeness (QED) is 0.616. The Kier molecular flexibility index (Phi) is 1.37. The van der Waals surface area contributed by atoms with Crippen LogP contribution in [0.1, 0.15) is 6.92 Å². The number of nitrogens with zero attached hydrogens (tertiary/aromatic N) is 1. The van der Waals surface area contributed by atoms with Crippen LogP contribution in [-0.2, 0) is 0 Å². The molecule has 0 radical (unpaired) electrons. The van der Waals surface area contributed by atoms with Gasteiger partial charge in [0.1, 0.15) is 0 Å². The van der Waals surface area contributed by atoms with Crippen molar-refractivity contribution in [3.63, 3.8) is 0 Å². The minimum absolute atomic E-state index is 0. The van der Waals surface area contributed by atoms with Gasteiger partial charge < -0.3 is 4.90 Å². The SMILES string of the molecule is CC1CN(C)C1.[Rf]. The molecule has 0 N–H and O–H groups in total. The van der Waals surface area contributed by atoms with Gasteiger partial charge >= 0.3 is 0 Å². The van der Waals surface area contributed by atoms with Crippen LogP contribution >= 0.6 is 0 Å². The second kappa shape index (κ2) is 1.61. The number of likely N-dealkylation sites (tertiary alicyclic amines) is 1. The van der Waals surface area contributed by atoms with Crippen LogP contribution in [0.5, 0.6) is 0 Å². The Labute approximate surface area is 39.0 Å². The molecule has 7 heavy (non-hydrogen) atoms. The third-order valence-electron chi connectivity index (χ3n) is 1.25. The molecule has 1 rings (SSSR count). The summed E-state index contributed by atoms with van der Waals surface area (Å²) in [7, 11) is 2.15. The summed E-state index contributed by atoms with van der Waals surface area (Å²) < 4.78 is 0. The van der Waals surface area contributed by atoms with Crippen molar-refractivity contribution >= 4 is 0 Å². The van der Waals surface area contributed by atoms with Crippen LogP contribution in [0.3, 0.4) is 0 Å². The molecule has 1 fully saturated rings. The van der Waals surface area contributed by atoms with Crippen LogP contribution < -0.4 is 0 Å². The largest absolute Gasteiger partial charge is 0.306 e. The normalized spacial score (nSPS) is 23.1. The topological polar surface area (TPSA) is 3.24 Å². The van der Waals surface area contributed by atoms with Crippen molar-refractivity contribution in [3.8, 4) is 0 Å². The minimum atomic E-state index is 0. The second-order valence-electron chi connectivity index (χ2n) is 2.33. The molecule has 0 aromatic rings. The third kappa shape index (κ3) is 0.897. The van der Waals surface area contributed by atoms with Gasteiger partial charge in [-0.15, -0.1) is 0 Å². The molecule has 0 aromatic carbocycles. The summed E-state index contributed by atoms with van der Waals surface area (Å²) in [5.74, 6) is 0.968. The number of hydrogen-bond donors (Lipinski definition) is 0. The van der Waals surface area contributed by atoms with E-state index < -0.39 is 0 Å². The molecule has 0 unspecified atom stereocenters. The van der Waals surface area contributed by atoms with Crippen molar-refractivity contribution in [1.82, 2.24) is 4.90 Å². The fourth-order valence-corrected chi connectivity index (χ4v) is 1.01. The van der Waals surface area contributed by atoms with E-state index in [1.807, 2.05) is 0 Å². The first-order valence-corrected chi connectivity index (χ1v) is 2.47. The summed E-state index contributed by atoms with van der Waals surface area (Å²) in [6.45, 7) is 4.89. The van der Waals surface area contributed by atoms with Crippen molar-refractivity contribution < 1.29 is 0 Å². The zero-order chi connectivity index (χ0) is 4.57. The Hall–Kier alpha value is -1.04. The van der Waals surface area contributed by atoms with Crippen molar-refractivity contribution in [2.75, 3.05) is 20.1 Å². The van der Waals surface area contributed by atoms with Gasteiger partial charge in [-0.3, -0.25) is 0 Å². The van der Waals surface area contributed by atoms with E-state index in [1.165, 1.54) is 13.1 Å². The molecule has 0 aromatic heterocycles. The van der Waals surface area contributed by atoms with Gasteiger partial charge in [0.15, 0.2) is 0 Å². The number of rotatable bonds is 0. The van der Waals surface area contributed by atoms with Gasteiger partial charge in [-0.2, -0.15) is 0 Å². The second-order valence-corrected chi connectivity index (χ2v) is 2.33. The Morgan fingerprint density at radius 1 is 1.43 bits per heavy atom. The van der Waals surface area contributed by atoms with Crippen molar-refractivity contribution in [2.45, 2.75) is 6.92 Å². The summed E-state index contributed by atoms with van der Waals surface area (Å²) in [6, 6.07) is 0. The summed E-state index contributed by atoms with van der Waals surface area (Å²) >= 11 is 0. The maximum Gasteiger partial charge on any atom is 0.00163 e. The molecule has 38 valence electrons. The van der Waals surface area contributed by atoms with Gasteiger partial charge in [0.25, 0.3) is 0 Å². The molecule has 1 nitrogen and oxygen atoms in total. The zero-order valence-electron chi connectivity index (χ0n) is 5.15. The van der Waals surface area contributed by atoms with Crippen molar-refractivity contribution in [3.05, 3.63) is 0 Å². The van der Waals surface area contributed by atoms with Crippen molar-refractivity contribution in [1.29, 1.82) is 0 Å². The zero-order valence-corrected chi connectivity index (χ0v) is 11.5. The van der Waals surface area contributed by atoms with Crippen LogP contribution in [0.15, 0.2) is 0 Å². The van der Waals surface area contributed by atoms with Gasteiger partial charge in [0, 0.05) is 13.1 Å². The molecule has 1 heterocycles. The van der Waals surface area contributed by atoms with E-state index in [1.54, 1.807) is 0 Å². The van der Waals surface area contributed by atoms with Gasteiger partial charge in [0.2, 0.25) is 0 Å². The molecule has 0 amide bonds. The van der Waals surface area contributed by atoms with Crippen LogP contribution in [0.2, 0.25) is 0 Å². The van der Waals surface area contributed by atoms with Gasteiger partial charge in [-0.1, -0.05) is 6.92 Å². The molecule has 0 aliphatic carbocycles. The first-order chi connectivity index (χ1) is 2.79. The van der Waals surface area contributed by atoms with Crippen LogP contribution in [0.4, 0.5) is 0 Å². The number of hydrogen-bond acceptors (Lipinski definition) is 1. The fourth-order valence-electron chi connectivity index (χ4n) is 1.01. The average Bonchev–Trinajstić information content (AvgIpc) is 1.33. The maximum atomic E-state index is 2.32. The van der Waals surface area contributed by atoms with E-state index in [-0.39, 0.29) is 0 Å². The van der Waals surface area contributed by atoms with Crippen LogP contribution in [0.25, 0.3) is 0 Å². The van der Waals surface area contributed by atoms with E-state index in [0.717, 1.165) is 5.92 Å². The van der Waals surface area contributed by atoms with Crippen molar-refractivity contribution in [2.24, 2.45) is 5.92 Å². The third-order valence-corrected chi connectivity index (χ3v) is 1.25. The van der Waals surface area contributed by atoms with E-state index >= 15 is 0 Å². The van der Waals surface area contributed by atoms with E-state index in [9.17, 15) is 0 Å². The van der Waals surface area contributed by atoms with Crippen LogP contribution in [-0.4, -0.2) is 25.0 Å². The molecule has 2 heteroatoms. The fraction of sp³-hybridized carbons (Fsp3) is 1.00. The Bertz CT molecular complexity index is 44.0. The molecule has 0 bridgehead atoms. The van der Waals surface area contributed by atoms with E-state index in [4.69, 9.17) is 0 Å². The summed E-state index contributed by atoms with van der Waals surface area (Å²) in [4.78, 5) is 2.32. The Morgan fingerprint density at radius 2 is 1.86 bits per heavy atom. The Morgan fingerprint density at radius 3 is 1.86 bits per heavy atom. The smallest absolute Gasteiger partial charge is 0.00163 e. The first kappa shape index (κ1) is 5.96. The molecule has 0 atom stereocenters. The molecular formula is C5H11NRf. The summed E-state index contributed by atoms with van der Waals surface area (Å²) in [6.07, 6.45) is 0. The standard InChI is InChI=1S/C5H11N.Rf/c1-5-3-6(2)4-5;/h5H,3-4H2,1-2H3;. The molecule has 1 aliphatic heterocycles. The Balaban J connectivity index is 0.000000360. The predicted molar refractivity (Wildman–Crippen MR) is 26.7 cm³/mol. The van der Waals surface area contributed by atoms with Crippen LogP contribution in [0, 0.1) is 5.92 Å². The van der Waals surface area contributed by atoms with E-state index in [2.05, 4.69) is 18.9 Å². The molecule has 0 saturated carbocycles. The minimum Gasteiger partial charge on any atom is -0.306 e. The van der Waals surface area contributed by atoms with E-state index in [0.29, 0.717) is 0 Å². The maximum absolute atomic E-state index is 2.32. The molecular weight excluding hydrogens is 341 g/mol. The summed E-state index contributed by atoms with van der Waals surface area (Å²) in [5, 5.41) is 0. The van der Waals surface area contributed by atoms with Gasteiger partial charge in [0.05, 0.1) is 0 Å². The van der Waals surface area contributed by atoms with Gasteiger partial charge in [-0.05, 0) is 13.0 Å². The van der Waals surface area contributed by atoms with Gasteiger partial charge in [-0.25, -0.2) is 0 Å². The molecule has 1 aliphatic rings. The molecule has 0 spiro atoms. The first-order valence-electron chi connectivity index (χ1n) is 2.47. The molecule has 1 saturated heterocycles. The monoisotopic (exact) mass is 352 g/mol. The predicted octanol–water partition coefficient (Wildman–Crippen LogP) is 0.568. The summed E-state index contributed by atoms with van der Waals surface area (Å²) in [5.41, 5.74) is 0. The average molecular weight is 352 g/mol.